The SMILES string of the molecule is CC=CCn1cnc2ccccc21. The normalized spacial score (nSPS) is 11.5. The summed E-state index contributed by atoms with van der Waals surface area (Å²) in [5.41, 5.74) is 2.26. The molecule has 0 aliphatic heterocycles. The molecule has 0 unspecified atom stereocenters. The van der Waals surface area contributed by atoms with E-state index < -0.39 is 0 Å². The molecule has 0 aliphatic rings. The molecule has 2 aromatic rings. The van der Waals surface area contributed by atoms with Crippen LogP contribution in [0.5, 0.6) is 0 Å². The van der Waals surface area contributed by atoms with Crippen LogP contribution in [0.25, 0.3) is 11.0 Å². The van der Waals surface area contributed by atoms with Gasteiger partial charge in [-0.05, 0) is 19.1 Å². The third-order valence-corrected chi connectivity index (χ3v) is 2.07. The summed E-state index contributed by atoms with van der Waals surface area (Å²) in [7, 11) is 0. The van der Waals surface area contributed by atoms with Gasteiger partial charge in [0.15, 0.2) is 0 Å². The maximum Gasteiger partial charge on any atom is 0.0961 e. The molecule has 0 saturated carbocycles. The fraction of sp³-hybridized carbons (Fsp3) is 0.182. The van der Waals surface area contributed by atoms with E-state index in [9.17, 15) is 0 Å². The first-order valence-corrected chi connectivity index (χ1v) is 4.43. The van der Waals surface area contributed by atoms with Gasteiger partial charge < -0.3 is 4.57 Å². The van der Waals surface area contributed by atoms with Crippen molar-refractivity contribution < 1.29 is 0 Å². The number of hydrogen-bond acceptors (Lipinski definition) is 1. The number of imidazole rings is 1. The van der Waals surface area contributed by atoms with Gasteiger partial charge in [-0.3, -0.25) is 0 Å². The van der Waals surface area contributed by atoms with Crippen LogP contribution in [0, 0.1) is 0 Å². The lowest BCUT2D eigenvalue weighted by Gasteiger charge is -1.97. The Labute approximate surface area is 77.5 Å². The third-order valence-electron chi connectivity index (χ3n) is 2.07. The van der Waals surface area contributed by atoms with E-state index in [-0.39, 0.29) is 0 Å². The average Bonchev–Trinajstić information content (AvgIpc) is 2.58. The Morgan fingerprint density at radius 3 is 3.08 bits per heavy atom. The Bertz CT molecular complexity index is 426. The summed E-state index contributed by atoms with van der Waals surface area (Å²) in [6, 6.07) is 8.17. The van der Waals surface area contributed by atoms with E-state index in [1.54, 1.807) is 0 Å². The summed E-state index contributed by atoms with van der Waals surface area (Å²) in [6.07, 6.45) is 6.05. The molecule has 66 valence electrons. The molecule has 0 N–H and O–H groups in total. The molecule has 2 heteroatoms. The van der Waals surface area contributed by atoms with Gasteiger partial charge in [-0.1, -0.05) is 24.3 Å². The van der Waals surface area contributed by atoms with E-state index in [0.717, 1.165) is 12.1 Å². The lowest BCUT2D eigenvalue weighted by molar-refractivity contribution is 0.848. The largest absolute Gasteiger partial charge is 0.327 e. The molecule has 13 heavy (non-hydrogen) atoms. The monoisotopic (exact) mass is 172 g/mol. The average molecular weight is 172 g/mol. The van der Waals surface area contributed by atoms with Crippen LogP contribution in [-0.4, -0.2) is 9.55 Å². The molecule has 0 amide bonds. The van der Waals surface area contributed by atoms with Crippen molar-refractivity contribution in [1.29, 1.82) is 0 Å². The van der Waals surface area contributed by atoms with Crippen LogP contribution in [0.2, 0.25) is 0 Å². The van der Waals surface area contributed by atoms with E-state index in [4.69, 9.17) is 0 Å². The van der Waals surface area contributed by atoms with Gasteiger partial charge in [0.25, 0.3) is 0 Å². The molecule has 0 saturated heterocycles. The van der Waals surface area contributed by atoms with Gasteiger partial charge in [-0.2, -0.15) is 0 Å². The highest BCUT2D eigenvalue weighted by Gasteiger charge is 1.97. The number of allylic oxidation sites excluding steroid dienone is 2. The van der Waals surface area contributed by atoms with Crippen LogP contribution in [-0.2, 0) is 6.54 Å². The number of rotatable bonds is 2. The van der Waals surface area contributed by atoms with Crippen LogP contribution < -0.4 is 0 Å². The number of benzene rings is 1. The molecule has 1 aromatic carbocycles. The second kappa shape index (κ2) is 3.44. The maximum atomic E-state index is 4.30. The van der Waals surface area contributed by atoms with E-state index in [0.29, 0.717) is 0 Å². The first-order valence-electron chi connectivity index (χ1n) is 4.43. The van der Waals surface area contributed by atoms with Crippen molar-refractivity contribution in [2.24, 2.45) is 0 Å². The van der Waals surface area contributed by atoms with E-state index >= 15 is 0 Å². The predicted octanol–water partition coefficient (Wildman–Crippen LogP) is 2.61. The molecule has 0 bridgehead atoms. The minimum Gasteiger partial charge on any atom is -0.327 e. The lowest BCUT2D eigenvalue weighted by Crippen LogP contribution is -1.91. The van der Waals surface area contributed by atoms with Gasteiger partial charge >= 0.3 is 0 Å². The summed E-state index contributed by atoms with van der Waals surface area (Å²) in [4.78, 5) is 4.30. The summed E-state index contributed by atoms with van der Waals surface area (Å²) in [5.74, 6) is 0. The van der Waals surface area contributed by atoms with Crippen molar-refractivity contribution in [3.8, 4) is 0 Å². The summed E-state index contributed by atoms with van der Waals surface area (Å²) in [5, 5.41) is 0. The van der Waals surface area contributed by atoms with Gasteiger partial charge in [-0.25, -0.2) is 4.98 Å². The van der Waals surface area contributed by atoms with Crippen LogP contribution in [0.1, 0.15) is 6.92 Å². The molecule has 2 rings (SSSR count). The fourth-order valence-corrected chi connectivity index (χ4v) is 1.37. The minimum absolute atomic E-state index is 0.900. The van der Waals surface area contributed by atoms with E-state index in [2.05, 4.69) is 27.8 Å². The predicted molar refractivity (Wildman–Crippen MR) is 54.5 cm³/mol. The molecular weight excluding hydrogens is 160 g/mol. The van der Waals surface area contributed by atoms with Crippen molar-refractivity contribution in [3.05, 3.63) is 42.7 Å². The van der Waals surface area contributed by atoms with Crippen molar-refractivity contribution >= 4 is 11.0 Å². The molecule has 0 atom stereocenters. The number of para-hydroxylation sites is 2. The smallest absolute Gasteiger partial charge is 0.0961 e. The highest BCUT2D eigenvalue weighted by atomic mass is 15.0. The molecule has 0 radical (unpaired) electrons. The van der Waals surface area contributed by atoms with Crippen molar-refractivity contribution in [3.63, 3.8) is 0 Å². The molecule has 0 aliphatic carbocycles. The second-order valence-electron chi connectivity index (χ2n) is 2.95. The standard InChI is InChI=1S/C11H12N2/c1-2-3-8-13-9-12-10-6-4-5-7-11(10)13/h2-7,9H,8H2,1H3. The molecule has 1 aromatic heterocycles. The van der Waals surface area contributed by atoms with Crippen molar-refractivity contribution in [2.75, 3.05) is 0 Å². The summed E-state index contributed by atoms with van der Waals surface area (Å²) in [6.45, 7) is 2.93. The second-order valence-corrected chi connectivity index (χ2v) is 2.95. The number of fused-ring (bicyclic) bond motifs is 1. The zero-order chi connectivity index (χ0) is 9.10. The van der Waals surface area contributed by atoms with Gasteiger partial charge in [-0.15, -0.1) is 0 Å². The third kappa shape index (κ3) is 1.47. The Balaban J connectivity index is 2.45. The quantitative estimate of drug-likeness (QED) is 0.637. The topological polar surface area (TPSA) is 17.8 Å². The Hall–Kier alpha value is -1.57. The van der Waals surface area contributed by atoms with Gasteiger partial charge in [0, 0.05) is 6.54 Å². The Kier molecular flexibility index (Phi) is 2.13. The lowest BCUT2D eigenvalue weighted by atomic mass is 10.3. The minimum atomic E-state index is 0.900. The van der Waals surface area contributed by atoms with E-state index in [1.807, 2.05) is 31.5 Å². The zero-order valence-electron chi connectivity index (χ0n) is 7.64. The molecule has 0 spiro atoms. The van der Waals surface area contributed by atoms with Gasteiger partial charge in [0.1, 0.15) is 0 Å². The number of hydrogen-bond donors (Lipinski definition) is 0. The molecular formula is C11H12N2. The van der Waals surface area contributed by atoms with Gasteiger partial charge in [0.05, 0.1) is 17.4 Å². The highest BCUT2D eigenvalue weighted by molar-refractivity contribution is 5.74. The van der Waals surface area contributed by atoms with Crippen LogP contribution in [0.3, 0.4) is 0 Å². The fourth-order valence-electron chi connectivity index (χ4n) is 1.37. The van der Waals surface area contributed by atoms with E-state index in [1.165, 1.54) is 5.52 Å². The Morgan fingerprint density at radius 2 is 2.23 bits per heavy atom. The Morgan fingerprint density at radius 1 is 1.38 bits per heavy atom. The highest BCUT2D eigenvalue weighted by Crippen LogP contribution is 2.11. The molecule has 1 heterocycles. The summed E-state index contributed by atoms with van der Waals surface area (Å²) >= 11 is 0. The van der Waals surface area contributed by atoms with Crippen LogP contribution in [0.4, 0.5) is 0 Å². The molecule has 0 fully saturated rings. The van der Waals surface area contributed by atoms with Gasteiger partial charge in [0.2, 0.25) is 0 Å². The number of aromatic nitrogens is 2. The summed E-state index contributed by atoms with van der Waals surface area (Å²) < 4.78 is 2.13. The molecule has 2 nitrogen and oxygen atoms in total. The van der Waals surface area contributed by atoms with Crippen LogP contribution >= 0.6 is 0 Å². The van der Waals surface area contributed by atoms with Crippen molar-refractivity contribution in [2.45, 2.75) is 13.5 Å². The maximum absolute atomic E-state index is 4.30. The number of nitrogens with zero attached hydrogens (tertiary/aromatic N) is 2. The van der Waals surface area contributed by atoms with Crippen molar-refractivity contribution in [1.82, 2.24) is 9.55 Å². The van der Waals surface area contributed by atoms with Crippen LogP contribution in [0.15, 0.2) is 42.7 Å². The first kappa shape index (κ1) is 8.05. The zero-order valence-corrected chi connectivity index (χ0v) is 7.64. The first-order chi connectivity index (χ1) is 6.42.